The molecule has 2 aromatic rings. The summed E-state index contributed by atoms with van der Waals surface area (Å²) < 4.78 is 31.2. The summed E-state index contributed by atoms with van der Waals surface area (Å²) in [6.07, 6.45) is 0.412. The maximum absolute atomic E-state index is 11.1. The van der Waals surface area contributed by atoms with Gasteiger partial charge in [-0.3, -0.25) is 14.5 Å². The summed E-state index contributed by atoms with van der Waals surface area (Å²) in [6, 6.07) is 13.0. The Bertz CT molecular complexity index is 889. The summed E-state index contributed by atoms with van der Waals surface area (Å²) in [5.74, 6) is 1.01. The molecule has 0 spiro atoms. The van der Waals surface area contributed by atoms with E-state index in [4.69, 9.17) is 9.78 Å². The molecule has 1 aliphatic carbocycles. The molecular formula is C23H27F3N4O2. The molecule has 6 nitrogen and oxygen atoms in total. The van der Waals surface area contributed by atoms with Gasteiger partial charge in [0.1, 0.15) is 5.82 Å². The van der Waals surface area contributed by atoms with Crippen molar-refractivity contribution in [2.24, 2.45) is 0 Å². The van der Waals surface area contributed by atoms with Crippen LogP contribution < -0.4 is 10.2 Å². The van der Waals surface area contributed by atoms with E-state index < -0.39 is 12.5 Å². The minimum atomic E-state index is -4.64. The Labute approximate surface area is 185 Å². The van der Waals surface area contributed by atoms with Gasteiger partial charge in [-0.2, -0.15) is 13.2 Å². The van der Waals surface area contributed by atoms with Gasteiger partial charge >= 0.3 is 6.18 Å². The molecule has 1 N–H and O–H groups in total. The van der Waals surface area contributed by atoms with E-state index in [1.165, 1.54) is 26.2 Å². The van der Waals surface area contributed by atoms with E-state index in [-0.39, 0.29) is 5.91 Å². The highest BCUT2D eigenvalue weighted by Crippen LogP contribution is 2.27. The lowest BCUT2D eigenvalue weighted by Crippen LogP contribution is -2.52. The molecular weight excluding hydrogens is 421 g/mol. The average Bonchev–Trinajstić information content (AvgIpc) is 2.73. The summed E-state index contributed by atoms with van der Waals surface area (Å²) in [4.78, 5) is 29.5. The minimum Gasteiger partial charge on any atom is -0.354 e. The van der Waals surface area contributed by atoms with Crippen molar-refractivity contribution < 1.29 is 22.8 Å². The molecule has 32 heavy (non-hydrogen) atoms. The molecule has 1 saturated carbocycles. The Hall–Kier alpha value is -2.94. The van der Waals surface area contributed by atoms with E-state index in [2.05, 4.69) is 27.2 Å². The van der Waals surface area contributed by atoms with E-state index in [0.29, 0.717) is 0 Å². The number of aromatic nitrogens is 1. The standard InChI is InChI=1S/C21H26N4O.C2HF3O/c1-16(26)23-19-8-5-17(6-9-19)18-7-10-21(22-15-18)25-13-11-24(12-14-25)20-3-2-4-20;3-2(4,5)1-6/h5-10,15,20H,2-4,11-14H2,1H3,(H,23,26);1H. The first kappa shape index (κ1) is 23.7. The number of anilines is 2. The predicted octanol–water partition coefficient (Wildman–Crippen LogP) is 4.13. The van der Waals surface area contributed by atoms with Crippen LogP contribution in [0.1, 0.15) is 26.2 Å². The highest BCUT2D eigenvalue weighted by Gasteiger charge is 2.28. The molecule has 1 saturated heterocycles. The first-order chi connectivity index (χ1) is 15.2. The maximum atomic E-state index is 11.1. The minimum absolute atomic E-state index is 0.0545. The molecule has 0 atom stereocenters. The second kappa shape index (κ2) is 10.6. The van der Waals surface area contributed by atoms with E-state index in [0.717, 1.165) is 54.9 Å². The number of halogens is 3. The Morgan fingerprint density at radius 3 is 2.06 bits per heavy atom. The molecule has 0 radical (unpaired) electrons. The van der Waals surface area contributed by atoms with Crippen molar-refractivity contribution in [2.45, 2.75) is 38.4 Å². The molecule has 2 fully saturated rings. The van der Waals surface area contributed by atoms with Crippen LogP contribution in [0.5, 0.6) is 0 Å². The number of rotatable bonds is 4. The summed E-state index contributed by atoms with van der Waals surface area (Å²) in [5, 5.41) is 2.79. The Morgan fingerprint density at radius 1 is 1.03 bits per heavy atom. The fourth-order valence-electron chi connectivity index (χ4n) is 3.76. The number of nitrogens with one attached hydrogen (secondary N) is 1. The number of amides is 1. The maximum Gasteiger partial charge on any atom is 0.446 e. The highest BCUT2D eigenvalue weighted by molar-refractivity contribution is 5.89. The number of carbonyl (C=O) groups excluding carboxylic acids is 2. The lowest BCUT2D eigenvalue weighted by Gasteiger charge is -2.43. The van der Waals surface area contributed by atoms with E-state index in [9.17, 15) is 18.0 Å². The molecule has 1 aromatic heterocycles. The fourth-order valence-corrected chi connectivity index (χ4v) is 3.76. The van der Waals surface area contributed by atoms with Gasteiger partial charge < -0.3 is 10.2 Å². The van der Waals surface area contributed by atoms with Gasteiger partial charge in [0, 0.05) is 56.6 Å². The van der Waals surface area contributed by atoms with Gasteiger partial charge in [0.15, 0.2) is 0 Å². The van der Waals surface area contributed by atoms with Crippen LogP contribution in [-0.2, 0) is 9.59 Å². The molecule has 1 amide bonds. The number of alkyl halides is 3. The molecule has 1 aromatic carbocycles. The molecule has 2 aliphatic rings. The number of hydrogen-bond donors (Lipinski definition) is 1. The largest absolute Gasteiger partial charge is 0.446 e. The smallest absolute Gasteiger partial charge is 0.354 e. The summed E-state index contributed by atoms with van der Waals surface area (Å²) in [7, 11) is 0. The topological polar surface area (TPSA) is 65.5 Å². The molecule has 2 heterocycles. The fraction of sp³-hybridized carbons (Fsp3) is 0.435. The number of piperazine rings is 1. The molecule has 9 heteroatoms. The second-order valence-corrected chi connectivity index (χ2v) is 7.93. The highest BCUT2D eigenvalue weighted by atomic mass is 19.4. The third kappa shape index (κ3) is 6.78. The first-order valence-electron chi connectivity index (χ1n) is 10.6. The quantitative estimate of drug-likeness (QED) is 0.713. The molecule has 172 valence electrons. The van der Waals surface area contributed by atoms with Crippen molar-refractivity contribution in [3.05, 3.63) is 42.6 Å². The Kier molecular flexibility index (Phi) is 7.84. The number of carbonyl (C=O) groups is 2. The molecule has 1 aliphatic heterocycles. The van der Waals surface area contributed by atoms with Crippen molar-refractivity contribution in [3.8, 4) is 11.1 Å². The van der Waals surface area contributed by atoms with Gasteiger partial charge in [-0.25, -0.2) is 4.98 Å². The van der Waals surface area contributed by atoms with Crippen molar-refractivity contribution in [1.82, 2.24) is 9.88 Å². The number of nitrogens with zero attached hydrogens (tertiary/aromatic N) is 3. The zero-order valence-corrected chi connectivity index (χ0v) is 17.9. The summed E-state index contributed by atoms with van der Waals surface area (Å²) >= 11 is 0. The van der Waals surface area contributed by atoms with Crippen LogP contribution >= 0.6 is 0 Å². The van der Waals surface area contributed by atoms with E-state index in [1.54, 1.807) is 0 Å². The van der Waals surface area contributed by atoms with Crippen LogP contribution in [0.15, 0.2) is 42.6 Å². The van der Waals surface area contributed by atoms with Crippen molar-refractivity contribution in [1.29, 1.82) is 0 Å². The van der Waals surface area contributed by atoms with Crippen LogP contribution in [0.4, 0.5) is 24.7 Å². The normalized spacial score (nSPS) is 17.1. The Balaban J connectivity index is 0.000000427. The van der Waals surface area contributed by atoms with Crippen molar-refractivity contribution in [3.63, 3.8) is 0 Å². The average molecular weight is 448 g/mol. The third-order valence-corrected chi connectivity index (χ3v) is 5.65. The van der Waals surface area contributed by atoms with Crippen LogP contribution in [0.3, 0.4) is 0 Å². The molecule has 0 unspecified atom stereocenters. The lowest BCUT2D eigenvalue weighted by molar-refractivity contribution is -0.156. The van der Waals surface area contributed by atoms with Crippen LogP contribution in [-0.4, -0.2) is 60.5 Å². The number of aldehydes is 1. The monoisotopic (exact) mass is 448 g/mol. The number of benzene rings is 1. The van der Waals surface area contributed by atoms with Gasteiger partial charge in [-0.1, -0.05) is 18.6 Å². The predicted molar refractivity (Wildman–Crippen MR) is 118 cm³/mol. The van der Waals surface area contributed by atoms with Gasteiger partial charge in [0.05, 0.1) is 0 Å². The zero-order chi connectivity index (χ0) is 23.1. The van der Waals surface area contributed by atoms with E-state index in [1.807, 2.05) is 30.5 Å². The summed E-state index contributed by atoms with van der Waals surface area (Å²) in [5.41, 5.74) is 3.01. The van der Waals surface area contributed by atoms with Crippen molar-refractivity contribution >= 4 is 23.7 Å². The van der Waals surface area contributed by atoms with E-state index >= 15 is 0 Å². The van der Waals surface area contributed by atoms with Gasteiger partial charge in [-0.15, -0.1) is 0 Å². The van der Waals surface area contributed by atoms with Crippen LogP contribution in [0, 0.1) is 0 Å². The molecule has 0 bridgehead atoms. The summed E-state index contributed by atoms with van der Waals surface area (Å²) in [6.45, 7) is 5.95. The third-order valence-electron chi connectivity index (χ3n) is 5.65. The van der Waals surface area contributed by atoms with Crippen LogP contribution in [0.2, 0.25) is 0 Å². The number of pyridine rings is 1. The zero-order valence-electron chi connectivity index (χ0n) is 17.9. The van der Waals surface area contributed by atoms with Gasteiger partial charge in [0.25, 0.3) is 0 Å². The lowest BCUT2D eigenvalue weighted by atomic mass is 9.91. The Morgan fingerprint density at radius 2 is 1.62 bits per heavy atom. The number of hydrogen-bond acceptors (Lipinski definition) is 5. The van der Waals surface area contributed by atoms with Gasteiger partial charge in [0.2, 0.25) is 12.2 Å². The van der Waals surface area contributed by atoms with Crippen LogP contribution in [0.25, 0.3) is 11.1 Å². The molecule has 4 rings (SSSR count). The second-order valence-electron chi connectivity index (χ2n) is 7.93. The SMILES string of the molecule is CC(=O)Nc1ccc(-c2ccc(N3CCN(C4CCC4)CC3)nc2)cc1.O=CC(F)(F)F. The van der Waals surface area contributed by atoms with Crippen molar-refractivity contribution in [2.75, 3.05) is 36.4 Å². The van der Waals surface area contributed by atoms with Gasteiger partial charge in [-0.05, 0) is 42.7 Å². The first-order valence-corrected chi connectivity index (χ1v) is 10.6.